The minimum Gasteiger partial charge on any atom is -0.467 e. The molecule has 0 saturated carbocycles. The average Bonchev–Trinajstić information content (AvgIpc) is 3.02. The van der Waals surface area contributed by atoms with Crippen LogP contribution in [0, 0.1) is 5.82 Å². The van der Waals surface area contributed by atoms with E-state index in [1.165, 1.54) is 30.5 Å². The fraction of sp³-hybridized carbons (Fsp3) is 0.125. The number of hydrogen-bond donors (Lipinski definition) is 2. The minimum absolute atomic E-state index is 0.146. The van der Waals surface area contributed by atoms with Crippen LogP contribution in [-0.2, 0) is 16.1 Å². The Morgan fingerprint density at radius 1 is 1.18 bits per heavy atom. The second-order valence-electron chi connectivity index (χ2n) is 4.46. The first-order valence-electron chi connectivity index (χ1n) is 6.64. The normalized spacial score (nSPS) is 10.6. The van der Waals surface area contributed by atoms with Crippen LogP contribution in [0.25, 0.3) is 6.08 Å². The maximum atomic E-state index is 13.0. The third-order valence-electron chi connectivity index (χ3n) is 2.74. The van der Waals surface area contributed by atoms with Crippen LogP contribution in [0.3, 0.4) is 0 Å². The van der Waals surface area contributed by atoms with E-state index in [2.05, 4.69) is 10.6 Å². The summed E-state index contributed by atoms with van der Waals surface area (Å²) in [7, 11) is 0. The van der Waals surface area contributed by atoms with E-state index < -0.39 is 5.91 Å². The molecule has 0 bridgehead atoms. The van der Waals surface area contributed by atoms with E-state index in [-0.39, 0.29) is 24.8 Å². The van der Waals surface area contributed by atoms with Gasteiger partial charge in [0.15, 0.2) is 0 Å². The first-order chi connectivity index (χ1) is 10.6. The molecule has 0 aliphatic heterocycles. The lowest BCUT2D eigenvalue weighted by atomic mass is 10.2. The Hall–Kier alpha value is -2.89. The van der Waals surface area contributed by atoms with E-state index in [9.17, 15) is 14.0 Å². The third kappa shape index (κ3) is 5.24. The number of benzene rings is 1. The van der Waals surface area contributed by atoms with Crippen LogP contribution >= 0.6 is 0 Å². The zero-order valence-corrected chi connectivity index (χ0v) is 11.7. The molecule has 0 aliphatic rings. The van der Waals surface area contributed by atoms with Crippen LogP contribution in [0.2, 0.25) is 0 Å². The Kier molecular flexibility index (Phi) is 5.48. The Balaban J connectivity index is 1.71. The molecule has 2 rings (SSSR count). The van der Waals surface area contributed by atoms with E-state index in [0.29, 0.717) is 11.3 Å². The average molecular weight is 302 g/mol. The van der Waals surface area contributed by atoms with E-state index in [4.69, 9.17) is 4.42 Å². The van der Waals surface area contributed by atoms with Gasteiger partial charge in [0.1, 0.15) is 11.6 Å². The van der Waals surface area contributed by atoms with Crippen LogP contribution in [0.5, 0.6) is 0 Å². The Bertz CT molecular complexity index is 666. The van der Waals surface area contributed by atoms with Crippen molar-refractivity contribution in [3.8, 4) is 0 Å². The number of carbonyl (C=O) groups excluding carboxylic acids is 2. The molecule has 2 amide bonds. The van der Waals surface area contributed by atoms with Gasteiger partial charge in [-0.05, 0) is 35.9 Å². The van der Waals surface area contributed by atoms with Gasteiger partial charge < -0.3 is 15.1 Å². The first-order valence-corrected chi connectivity index (χ1v) is 6.64. The van der Waals surface area contributed by atoms with Crippen molar-refractivity contribution < 1.29 is 18.4 Å². The molecule has 114 valence electrons. The molecule has 0 atom stereocenters. The van der Waals surface area contributed by atoms with Crippen LogP contribution in [0.15, 0.2) is 53.2 Å². The summed E-state index contributed by atoms with van der Waals surface area (Å²) in [6.45, 7) is 0.119. The summed E-state index contributed by atoms with van der Waals surface area (Å²) < 4.78 is 18.0. The number of amides is 2. The molecule has 0 aliphatic carbocycles. The fourth-order valence-electron chi connectivity index (χ4n) is 1.67. The van der Waals surface area contributed by atoms with Crippen LogP contribution in [0.1, 0.15) is 11.3 Å². The summed E-state index contributed by atoms with van der Waals surface area (Å²) >= 11 is 0. The molecule has 2 aromatic rings. The molecule has 2 N–H and O–H groups in total. The van der Waals surface area contributed by atoms with Crippen LogP contribution in [0.4, 0.5) is 4.39 Å². The molecule has 0 fully saturated rings. The zero-order chi connectivity index (χ0) is 15.8. The molecule has 5 nitrogen and oxygen atoms in total. The minimum atomic E-state index is -0.433. The number of hydrogen-bond acceptors (Lipinski definition) is 3. The molecule has 1 aromatic heterocycles. The molecule has 0 saturated heterocycles. The fourth-order valence-corrected chi connectivity index (χ4v) is 1.67. The highest BCUT2D eigenvalue weighted by Crippen LogP contribution is 2.05. The maximum Gasteiger partial charge on any atom is 0.244 e. The number of carbonyl (C=O) groups is 2. The molecule has 6 heteroatoms. The summed E-state index contributed by atoms with van der Waals surface area (Å²) in [6, 6.07) is 9.31. The van der Waals surface area contributed by atoms with E-state index in [1.54, 1.807) is 24.3 Å². The lowest BCUT2D eigenvalue weighted by Crippen LogP contribution is -2.35. The zero-order valence-electron chi connectivity index (χ0n) is 11.7. The lowest BCUT2D eigenvalue weighted by Gasteiger charge is -2.03. The number of furan rings is 1. The Morgan fingerprint density at radius 3 is 2.77 bits per heavy atom. The number of nitrogens with one attached hydrogen (secondary N) is 2. The van der Waals surface area contributed by atoms with Gasteiger partial charge >= 0.3 is 0 Å². The standard InChI is InChI=1S/C16H15FN2O3/c17-13-4-1-3-12(9-13)6-7-15(20)19-11-16(21)18-10-14-5-2-8-22-14/h1-9H,10-11H2,(H,18,21)(H,19,20)/b7-6+. The van der Waals surface area contributed by atoms with Crippen molar-refractivity contribution in [2.75, 3.05) is 6.54 Å². The highest BCUT2D eigenvalue weighted by Gasteiger charge is 2.04. The number of rotatable bonds is 6. The van der Waals surface area contributed by atoms with Crippen LogP contribution < -0.4 is 10.6 Å². The molecule has 0 radical (unpaired) electrons. The maximum absolute atomic E-state index is 13.0. The summed E-state index contributed by atoms with van der Waals surface area (Å²) in [5.74, 6) is -0.508. The molecule has 0 unspecified atom stereocenters. The highest BCUT2D eigenvalue weighted by atomic mass is 19.1. The topological polar surface area (TPSA) is 71.3 Å². The quantitative estimate of drug-likeness (QED) is 0.800. The first kappa shape index (κ1) is 15.5. The predicted octanol–water partition coefficient (Wildman–Crippen LogP) is 1.86. The highest BCUT2D eigenvalue weighted by molar-refractivity contribution is 5.94. The molecule has 1 aromatic carbocycles. The largest absolute Gasteiger partial charge is 0.467 e. The van der Waals surface area contributed by atoms with Gasteiger partial charge in [-0.2, -0.15) is 0 Å². The van der Waals surface area contributed by atoms with Gasteiger partial charge in [0.05, 0.1) is 19.4 Å². The van der Waals surface area contributed by atoms with E-state index >= 15 is 0 Å². The Labute approximate surface area is 126 Å². The molecular weight excluding hydrogens is 287 g/mol. The van der Waals surface area contributed by atoms with Gasteiger partial charge in [-0.15, -0.1) is 0 Å². The van der Waals surface area contributed by atoms with Crippen molar-refractivity contribution in [1.82, 2.24) is 10.6 Å². The van der Waals surface area contributed by atoms with Crippen LogP contribution in [-0.4, -0.2) is 18.4 Å². The molecule has 1 heterocycles. The van der Waals surface area contributed by atoms with Crippen molar-refractivity contribution in [3.05, 3.63) is 65.9 Å². The van der Waals surface area contributed by atoms with Crippen molar-refractivity contribution >= 4 is 17.9 Å². The van der Waals surface area contributed by atoms with Crippen molar-refractivity contribution in [2.45, 2.75) is 6.54 Å². The van der Waals surface area contributed by atoms with Gasteiger partial charge in [0.25, 0.3) is 0 Å². The van der Waals surface area contributed by atoms with Crippen molar-refractivity contribution in [2.24, 2.45) is 0 Å². The third-order valence-corrected chi connectivity index (χ3v) is 2.74. The molecule has 22 heavy (non-hydrogen) atoms. The second-order valence-corrected chi connectivity index (χ2v) is 4.46. The summed E-state index contributed by atoms with van der Waals surface area (Å²) in [5, 5.41) is 5.04. The van der Waals surface area contributed by atoms with Crippen molar-refractivity contribution in [1.29, 1.82) is 0 Å². The lowest BCUT2D eigenvalue weighted by molar-refractivity contribution is -0.124. The summed E-state index contributed by atoms with van der Waals surface area (Å²) in [5.41, 5.74) is 0.567. The predicted molar refractivity (Wildman–Crippen MR) is 79.0 cm³/mol. The van der Waals surface area contributed by atoms with Gasteiger partial charge in [0, 0.05) is 6.08 Å². The number of halogens is 1. The molecular formula is C16H15FN2O3. The second kappa shape index (κ2) is 7.78. The van der Waals surface area contributed by atoms with E-state index in [1.807, 2.05) is 0 Å². The SMILES string of the molecule is O=C(/C=C/c1cccc(F)c1)NCC(=O)NCc1ccco1. The molecule has 0 spiro atoms. The monoisotopic (exact) mass is 302 g/mol. The van der Waals surface area contributed by atoms with Gasteiger partial charge in [-0.25, -0.2) is 4.39 Å². The smallest absolute Gasteiger partial charge is 0.244 e. The van der Waals surface area contributed by atoms with Gasteiger partial charge in [-0.3, -0.25) is 9.59 Å². The summed E-state index contributed by atoms with van der Waals surface area (Å²) in [6.07, 6.45) is 4.23. The van der Waals surface area contributed by atoms with E-state index in [0.717, 1.165) is 0 Å². The van der Waals surface area contributed by atoms with Crippen molar-refractivity contribution in [3.63, 3.8) is 0 Å². The summed E-state index contributed by atoms with van der Waals surface area (Å²) in [4.78, 5) is 23.1. The van der Waals surface area contributed by atoms with Gasteiger partial charge in [-0.1, -0.05) is 12.1 Å². The van der Waals surface area contributed by atoms with Gasteiger partial charge in [0.2, 0.25) is 11.8 Å². The Morgan fingerprint density at radius 2 is 2.05 bits per heavy atom.